The van der Waals surface area contributed by atoms with E-state index in [2.05, 4.69) is 57.2 Å². The van der Waals surface area contributed by atoms with E-state index in [1.165, 1.54) is 30.5 Å². The van der Waals surface area contributed by atoms with Crippen molar-refractivity contribution in [2.45, 2.75) is 32.2 Å². The molecule has 1 aromatic carbocycles. The third kappa shape index (κ3) is 4.03. The van der Waals surface area contributed by atoms with Crippen LogP contribution in [-0.2, 0) is 0 Å². The normalized spacial score (nSPS) is 17.0. The van der Waals surface area contributed by atoms with E-state index in [9.17, 15) is 0 Å². The minimum absolute atomic E-state index is 0.786. The first kappa shape index (κ1) is 17.4. The van der Waals surface area contributed by atoms with Crippen molar-refractivity contribution in [3.63, 3.8) is 0 Å². The van der Waals surface area contributed by atoms with E-state index >= 15 is 0 Å². The molecule has 1 aliphatic rings. The zero-order chi connectivity index (χ0) is 17.8. The van der Waals surface area contributed by atoms with E-state index in [0.29, 0.717) is 0 Å². The average molecular weight is 383 g/mol. The Morgan fingerprint density at radius 3 is 2.88 bits per heavy atom. The highest BCUT2D eigenvalue weighted by Gasteiger charge is 2.05. The standard InChI is InChI=1S/C14H9N3S2.C6H13N/c1-2-13-12(16-8-19-13)7-9(1)17-11-3-5-15-14-10(11)4-6-18-14;1-6-4-2-3-5-7-6/h1-8H,(H,15,17);6-7H,2-5H2,1H3. The maximum atomic E-state index is 4.35. The molecule has 4 aromatic rings. The molecule has 4 nitrogen and oxygen atoms in total. The molecule has 0 saturated carbocycles. The van der Waals surface area contributed by atoms with Crippen molar-refractivity contribution in [1.82, 2.24) is 15.3 Å². The summed E-state index contributed by atoms with van der Waals surface area (Å²) in [6.45, 7) is 3.49. The predicted molar refractivity (Wildman–Crippen MR) is 114 cm³/mol. The van der Waals surface area contributed by atoms with Crippen LogP contribution in [0.5, 0.6) is 0 Å². The van der Waals surface area contributed by atoms with Crippen molar-refractivity contribution in [1.29, 1.82) is 0 Å². The second-order valence-electron chi connectivity index (χ2n) is 6.51. The number of thiophene rings is 1. The summed E-state index contributed by atoms with van der Waals surface area (Å²) >= 11 is 3.31. The Morgan fingerprint density at radius 2 is 2.08 bits per heavy atom. The molecule has 1 saturated heterocycles. The van der Waals surface area contributed by atoms with Crippen LogP contribution in [0.15, 0.2) is 47.4 Å². The van der Waals surface area contributed by atoms with Gasteiger partial charge in [-0.2, -0.15) is 0 Å². The van der Waals surface area contributed by atoms with Gasteiger partial charge in [0.25, 0.3) is 0 Å². The Hall–Kier alpha value is -2.02. The molecule has 0 amide bonds. The molecular weight excluding hydrogens is 360 g/mol. The molecule has 0 bridgehead atoms. The fourth-order valence-electron chi connectivity index (χ4n) is 3.10. The molecule has 5 rings (SSSR count). The van der Waals surface area contributed by atoms with Crippen LogP contribution in [-0.4, -0.2) is 22.6 Å². The topological polar surface area (TPSA) is 49.8 Å². The highest BCUT2D eigenvalue weighted by atomic mass is 32.1. The minimum Gasteiger partial charge on any atom is -0.355 e. The lowest BCUT2D eigenvalue weighted by molar-refractivity contribution is 0.425. The number of hydrogen-bond donors (Lipinski definition) is 2. The van der Waals surface area contributed by atoms with Gasteiger partial charge in [0.2, 0.25) is 0 Å². The molecule has 1 unspecified atom stereocenters. The first-order chi connectivity index (χ1) is 12.8. The van der Waals surface area contributed by atoms with Gasteiger partial charge in [-0.25, -0.2) is 9.97 Å². The molecule has 0 radical (unpaired) electrons. The van der Waals surface area contributed by atoms with Gasteiger partial charge in [0, 0.05) is 23.3 Å². The van der Waals surface area contributed by atoms with Crippen LogP contribution in [0.3, 0.4) is 0 Å². The molecule has 4 heterocycles. The molecule has 134 valence electrons. The zero-order valence-corrected chi connectivity index (χ0v) is 16.4. The first-order valence-corrected chi connectivity index (χ1v) is 10.7. The van der Waals surface area contributed by atoms with E-state index in [1.807, 2.05) is 17.8 Å². The molecule has 3 aromatic heterocycles. The predicted octanol–water partition coefficient (Wildman–Crippen LogP) is 5.80. The smallest absolute Gasteiger partial charge is 0.125 e. The van der Waals surface area contributed by atoms with Gasteiger partial charge in [-0.05, 0) is 62.0 Å². The van der Waals surface area contributed by atoms with Crippen LogP contribution in [0.2, 0.25) is 0 Å². The summed E-state index contributed by atoms with van der Waals surface area (Å²) in [5, 5.41) is 10.0. The van der Waals surface area contributed by atoms with E-state index < -0.39 is 0 Å². The van der Waals surface area contributed by atoms with Crippen LogP contribution in [0, 0.1) is 0 Å². The van der Waals surface area contributed by atoms with E-state index in [4.69, 9.17) is 0 Å². The number of pyridine rings is 1. The SMILES string of the molecule is CC1CCCCN1.c1cc(Nc2ccc3scnc3c2)c2ccsc2n1. The third-order valence-corrected chi connectivity index (χ3v) is 6.16. The highest BCUT2D eigenvalue weighted by molar-refractivity contribution is 7.17. The molecule has 2 N–H and O–H groups in total. The number of piperidine rings is 1. The zero-order valence-electron chi connectivity index (χ0n) is 14.7. The number of benzene rings is 1. The molecule has 26 heavy (non-hydrogen) atoms. The van der Waals surface area contributed by atoms with E-state index in [-0.39, 0.29) is 0 Å². The van der Waals surface area contributed by atoms with Gasteiger partial charge in [-0.15, -0.1) is 22.7 Å². The Morgan fingerprint density at radius 1 is 1.12 bits per heavy atom. The van der Waals surface area contributed by atoms with Gasteiger partial charge in [-0.3, -0.25) is 0 Å². The summed E-state index contributed by atoms with van der Waals surface area (Å²) in [5.41, 5.74) is 5.04. The number of rotatable bonds is 2. The van der Waals surface area contributed by atoms with Crippen LogP contribution in [0.25, 0.3) is 20.4 Å². The number of nitrogens with one attached hydrogen (secondary N) is 2. The van der Waals surface area contributed by atoms with E-state index in [0.717, 1.165) is 33.1 Å². The second kappa shape index (κ2) is 8.12. The van der Waals surface area contributed by atoms with Crippen molar-refractivity contribution in [2.75, 3.05) is 11.9 Å². The lowest BCUT2D eigenvalue weighted by Crippen LogP contribution is -2.30. The number of hydrogen-bond acceptors (Lipinski definition) is 6. The summed E-state index contributed by atoms with van der Waals surface area (Å²) in [6.07, 6.45) is 6.01. The molecule has 1 aliphatic heterocycles. The summed E-state index contributed by atoms with van der Waals surface area (Å²) in [5.74, 6) is 0. The largest absolute Gasteiger partial charge is 0.355 e. The van der Waals surface area contributed by atoms with Crippen molar-refractivity contribution >= 4 is 54.5 Å². The third-order valence-electron chi connectivity index (χ3n) is 4.53. The van der Waals surface area contributed by atoms with Gasteiger partial charge in [0.1, 0.15) is 4.83 Å². The van der Waals surface area contributed by atoms with Gasteiger partial charge < -0.3 is 10.6 Å². The van der Waals surface area contributed by atoms with Crippen LogP contribution in [0.1, 0.15) is 26.2 Å². The van der Waals surface area contributed by atoms with Crippen LogP contribution < -0.4 is 10.6 Å². The number of fused-ring (bicyclic) bond motifs is 2. The first-order valence-electron chi connectivity index (χ1n) is 8.95. The molecule has 1 atom stereocenters. The summed E-state index contributed by atoms with van der Waals surface area (Å²) in [4.78, 5) is 9.75. The second-order valence-corrected chi connectivity index (χ2v) is 8.29. The van der Waals surface area contributed by atoms with Crippen LogP contribution in [0.4, 0.5) is 11.4 Å². The number of aromatic nitrogens is 2. The van der Waals surface area contributed by atoms with Gasteiger partial charge in [-0.1, -0.05) is 6.42 Å². The van der Waals surface area contributed by atoms with Gasteiger partial charge >= 0.3 is 0 Å². The molecule has 1 fully saturated rings. The lowest BCUT2D eigenvalue weighted by Gasteiger charge is -2.18. The summed E-state index contributed by atoms with van der Waals surface area (Å²) < 4.78 is 1.21. The monoisotopic (exact) mass is 382 g/mol. The Bertz CT molecular complexity index is 985. The van der Waals surface area contributed by atoms with E-state index in [1.54, 1.807) is 22.7 Å². The highest BCUT2D eigenvalue weighted by Crippen LogP contribution is 2.29. The Balaban J connectivity index is 0.000000204. The number of anilines is 2. The number of thiazole rings is 1. The summed E-state index contributed by atoms with van der Waals surface area (Å²) in [6, 6.07) is 11.1. The van der Waals surface area contributed by atoms with Crippen molar-refractivity contribution in [2.24, 2.45) is 0 Å². The maximum Gasteiger partial charge on any atom is 0.125 e. The maximum absolute atomic E-state index is 4.35. The molecular formula is C20H22N4S2. The Labute approximate surface area is 161 Å². The van der Waals surface area contributed by atoms with Gasteiger partial charge in [0.05, 0.1) is 21.4 Å². The average Bonchev–Trinajstić information content (AvgIpc) is 3.32. The Kier molecular flexibility index (Phi) is 5.43. The van der Waals surface area contributed by atoms with Crippen molar-refractivity contribution in [3.8, 4) is 0 Å². The van der Waals surface area contributed by atoms with Gasteiger partial charge in [0.15, 0.2) is 0 Å². The quantitative estimate of drug-likeness (QED) is 0.460. The summed E-state index contributed by atoms with van der Waals surface area (Å²) in [7, 11) is 0. The number of nitrogens with zero attached hydrogens (tertiary/aromatic N) is 2. The molecule has 0 spiro atoms. The fraction of sp³-hybridized carbons (Fsp3) is 0.300. The van der Waals surface area contributed by atoms with Crippen LogP contribution >= 0.6 is 22.7 Å². The molecule has 6 heteroatoms. The van der Waals surface area contributed by atoms with Crippen molar-refractivity contribution < 1.29 is 0 Å². The fourth-order valence-corrected chi connectivity index (χ4v) is 4.52. The van der Waals surface area contributed by atoms with Crippen molar-refractivity contribution in [3.05, 3.63) is 47.4 Å². The molecule has 0 aliphatic carbocycles. The minimum atomic E-state index is 0.786. The lowest BCUT2D eigenvalue weighted by atomic mass is 10.1.